The summed E-state index contributed by atoms with van der Waals surface area (Å²) in [5, 5.41) is 10.8. The summed E-state index contributed by atoms with van der Waals surface area (Å²) < 4.78 is 2.50. The fourth-order valence-corrected chi connectivity index (χ4v) is 2.87. The van der Waals surface area contributed by atoms with E-state index in [0.717, 1.165) is 36.0 Å². The van der Waals surface area contributed by atoms with Crippen molar-refractivity contribution in [1.82, 2.24) is 20.2 Å². The molecule has 7 heteroatoms. The van der Waals surface area contributed by atoms with Gasteiger partial charge < -0.3 is 4.90 Å². The molecule has 1 aromatic carbocycles. The Hall–Kier alpha value is -1.76. The lowest BCUT2D eigenvalue weighted by Gasteiger charge is -2.22. The van der Waals surface area contributed by atoms with Gasteiger partial charge in [0.25, 0.3) is 0 Å². The van der Waals surface area contributed by atoms with Crippen LogP contribution in [-0.2, 0) is 17.8 Å². The maximum absolute atomic E-state index is 12.5. The lowest BCUT2D eigenvalue weighted by Crippen LogP contribution is -2.34. The summed E-state index contributed by atoms with van der Waals surface area (Å²) in [6, 6.07) is 6.07. The first kappa shape index (κ1) is 13.2. The Labute approximate surface area is 124 Å². The zero-order valence-electron chi connectivity index (χ0n) is 10.9. The number of rotatable bonds is 2. The van der Waals surface area contributed by atoms with E-state index >= 15 is 0 Å². The number of benzene rings is 1. The first-order valence-electron chi connectivity index (χ1n) is 6.53. The molecule has 2 heterocycles. The number of halogens is 1. The minimum atomic E-state index is 0.0165. The third-order valence-electron chi connectivity index (χ3n) is 3.40. The number of aryl methyl sites for hydroxylation is 1. The van der Waals surface area contributed by atoms with Crippen molar-refractivity contribution in [1.29, 1.82) is 0 Å². The van der Waals surface area contributed by atoms with Crippen LogP contribution in [0.4, 0.5) is 5.69 Å². The molecule has 0 aliphatic carbocycles. The highest BCUT2D eigenvalue weighted by atomic mass is 79.9. The van der Waals surface area contributed by atoms with Crippen molar-refractivity contribution in [3.63, 3.8) is 0 Å². The van der Waals surface area contributed by atoms with Gasteiger partial charge in [-0.3, -0.25) is 4.79 Å². The largest absolute Gasteiger partial charge is 0.311 e. The fraction of sp³-hybridized carbons (Fsp3) is 0.385. The van der Waals surface area contributed by atoms with Crippen LogP contribution >= 0.6 is 15.9 Å². The molecule has 3 rings (SSSR count). The first-order valence-corrected chi connectivity index (χ1v) is 7.33. The number of carbonyl (C=O) groups is 1. The van der Waals surface area contributed by atoms with Crippen LogP contribution in [0.3, 0.4) is 0 Å². The molecule has 0 radical (unpaired) electrons. The fourth-order valence-electron chi connectivity index (χ4n) is 2.46. The third kappa shape index (κ3) is 2.72. The van der Waals surface area contributed by atoms with Gasteiger partial charge in [0.15, 0.2) is 0 Å². The van der Waals surface area contributed by atoms with Crippen molar-refractivity contribution >= 4 is 27.5 Å². The second kappa shape index (κ2) is 5.70. The molecule has 6 nitrogen and oxygen atoms in total. The Morgan fingerprint density at radius 1 is 1.35 bits per heavy atom. The standard InChI is InChI=1S/C13H14BrN5O/c14-11-4-5-12-10(7-11)3-1-2-6-19(12)13(20)8-18-9-15-16-17-18/h4-5,7,9H,1-3,6,8H2. The van der Waals surface area contributed by atoms with Crippen molar-refractivity contribution < 1.29 is 4.79 Å². The molecule has 0 bridgehead atoms. The van der Waals surface area contributed by atoms with E-state index in [4.69, 9.17) is 0 Å². The van der Waals surface area contributed by atoms with Crippen LogP contribution in [-0.4, -0.2) is 32.7 Å². The first-order chi connectivity index (χ1) is 9.74. The Balaban J connectivity index is 1.87. The van der Waals surface area contributed by atoms with Gasteiger partial charge in [-0.05, 0) is 53.5 Å². The van der Waals surface area contributed by atoms with Crippen LogP contribution in [0, 0.1) is 0 Å². The second-order valence-corrected chi connectivity index (χ2v) is 5.70. The molecule has 1 aromatic heterocycles. The number of tetrazole rings is 1. The molecule has 2 aromatic rings. The van der Waals surface area contributed by atoms with Gasteiger partial charge in [-0.1, -0.05) is 15.9 Å². The van der Waals surface area contributed by atoms with Gasteiger partial charge in [0.1, 0.15) is 12.9 Å². The minimum Gasteiger partial charge on any atom is -0.311 e. The highest BCUT2D eigenvalue weighted by molar-refractivity contribution is 9.10. The van der Waals surface area contributed by atoms with Crippen molar-refractivity contribution in [2.24, 2.45) is 0 Å². The maximum Gasteiger partial charge on any atom is 0.248 e. The molecule has 1 aliphatic rings. The van der Waals surface area contributed by atoms with E-state index in [2.05, 4.69) is 37.5 Å². The lowest BCUT2D eigenvalue weighted by atomic mass is 10.1. The Morgan fingerprint density at radius 3 is 3.05 bits per heavy atom. The Bertz CT molecular complexity index is 613. The molecule has 0 fully saturated rings. The van der Waals surface area contributed by atoms with Crippen molar-refractivity contribution in [3.05, 3.63) is 34.6 Å². The van der Waals surface area contributed by atoms with E-state index in [1.807, 2.05) is 17.0 Å². The highest BCUT2D eigenvalue weighted by Crippen LogP contribution is 2.29. The monoisotopic (exact) mass is 335 g/mol. The minimum absolute atomic E-state index is 0.0165. The van der Waals surface area contributed by atoms with E-state index in [9.17, 15) is 4.79 Å². The molecule has 0 saturated carbocycles. The molecule has 20 heavy (non-hydrogen) atoms. The van der Waals surface area contributed by atoms with Gasteiger partial charge >= 0.3 is 0 Å². The second-order valence-electron chi connectivity index (χ2n) is 4.78. The number of carbonyl (C=O) groups excluding carboxylic acids is 1. The predicted molar refractivity (Wildman–Crippen MR) is 77.3 cm³/mol. The number of anilines is 1. The zero-order valence-corrected chi connectivity index (χ0v) is 12.5. The van der Waals surface area contributed by atoms with Gasteiger partial charge in [0.2, 0.25) is 5.91 Å². The molecular weight excluding hydrogens is 322 g/mol. The SMILES string of the molecule is O=C(Cn1cnnn1)N1CCCCc2cc(Br)ccc21. The van der Waals surface area contributed by atoms with Gasteiger partial charge in [-0.25, -0.2) is 4.68 Å². The van der Waals surface area contributed by atoms with Crippen molar-refractivity contribution in [2.45, 2.75) is 25.8 Å². The average Bonchev–Trinajstić information content (AvgIpc) is 2.84. The van der Waals surface area contributed by atoms with Crippen molar-refractivity contribution in [3.8, 4) is 0 Å². The summed E-state index contributed by atoms with van der Waals surface area (Å²) in [4.78, 5) is 14.3. The van der Waals surface area contributed by atoms with E-state index in [1.54, 1.807) is 0 Å². The van der Waals surface area contributed by atoms with Gasteiger partial charge in [-0.15, -0.1) is 5.10 Å². The zero-order chi connectivity index (χ0) is 13.9. The van der Waals surface area contributed by atoms with E-state index in [0.29, 0.717) is 0 Å². The quantitative estimate of drug-likeness (QED) is 0.839. The maximum atomic E-state index is 12.5. The highest BCUT2D eigenvalue weighted by Gasteiger charge is 2.21. The number of hydrogen-bond donors (Lipinski definition) is 0. The van der Waals surface area contributed by atoms with Crippen LogP contribution in [0.15, 0.2) is 29.0 Å². The molecule has 1 aliphatic heterocycles. The number of fused-ring (bicyclic) bond motifs is 1. The molecular formula is C13H14BrN5O. The number of nitrogens with zero attached hydrogens (tertiary/aromatic N) is 5. The van der Waals surface area contributed by atoms with Gasteiger partial charge in [0.05, 0.1) is 0 Å². The summed E-state index contributed by atoms with van der Waals surface area (Å²) >= 11 is 3.49. The number of amides is 1. The number of hydrogen-bond acceptors (Lipinski definition) is 4. The summed E-state index contributed by atoms with van der Waals surface area (Å²) in [6.07, 6.45) is 4.56. The summed E-state index contributed by atoms with van der Waals surface area (Å²) in [5.41, 5.74) is 2.21. The average molecular weight is 336 g/mol. The molecule has 0 unspecified atom stereocenters. The lowest BCUT2D eigenvalue weighted by molar-refractivity contribution is -0.119. The van der Waals surface area contributed by atoms with Crippen LogP contribution in [0.25, 0.3) is 0 Å². The molecule has 104 valence electrons. The van der Waals surface area contributed by atoms with E-state index in [-0.39, 0.29) is 12.5 Å². The normalized spacial score (nSPS) is 14.8. The Morgan fingerprint density at radius 2 is 2.25 bits per heavy atom. The van der Waals surface area contributed by atoms with Crippen LogP contribution in [0.2, 0.25) is 0 Å². The summed E-state index contributed by atoms with van der Waals surface area (Å²) in [7, 11) is 0. The summed E-state index contributed by atoms with van der Waals surface area (Å²) in [5.74, 6) is 0.0165. The molecule has 1 amide bonds. The third-order valence-corrected chi connectivity index (χ3v) is 3.89. The van der Waals surface area contributed by atoms with Crippen LogP contribution < -0.4 is 4.90 Å². The van der Waals surface area contributed by atoms with Crippen LogP contribution in [0.5, 0.6) is 0 Å². The molecule has 0 atom stereocenters. The Kier molecular flexibility index (Phi) is 3.77. The topological polar surface area (TPSA) is 63.9 Å². The van der Waals surface area contributed by atoms with Crippen molar-refractivity contribution in [2.75, 3.05) is 11.4 Å². The predicted octanol–water partition coefficient (Wildman–Crippen LogP) is 1.81. The molecule has 0 N–H and O–H groups in total. The van der Waals surface area contributed by atoms with E-state index < -0.39 is 0 Å². The van der Waals surface area contributed by atoms with E-state index in [1.165, 1.54) is 16.6 Å². The van der Waals surface area contributed by atoms with Crippen LogP contribution in [0.1, 0.15) is 18.4 Å². The summed E-state index contributed by atoms with van der Waals surface area (Å²) in [6.45, 7) is 0.915. The smallest absolute Gasteiger partial charge is 0.248 e. The number of aromatic nitrogens is 4. The van der Waals surface area contributed by atoms with Gasteiger partial charge in [-0.2, -0.15) is 0 Å². The molecule has 0 spiro atoms. The molecule has 0 saturated heterocycles. The van der Waals surface area contributed by atoms with Gasteiger partial charge in [0, 0.05) is 16.7 Å².